The molecule has 59 heavy (non-hydrogen) atoms. The molecule has 0 nitrogen and oxygen atoms in total. The highest BCUT2D eigenvalue weighted by molar-refractivity contribution is 5.19. The molecule has 0 aromatic rings. The Hall–Kier alpha value is -0.260. The summed E-state index contributed by atoms with van der Waals surface area (Å²) in [5, 5.41) is 0. The van der Waals surface area contributed by atoms with Gasteiger partial charge in [-0.05, 0) is 241 Å². The van der Waals surface area contributed by atoms with E-state index in [4.69, 9.17) is 0 Å². The van der Waals surface area contributed by atoms with Crippen molar-refractivity contribution in [2.24, 2.45) is 93.2 Å². The third-order valence-electron chi connectivity index (χ3n) is 21.0. The summed E-state index contributed by atoms with van der Waals surface area (Å²) in [6.45, 7) is 19.9. The first kappa shape index (κ1) is 46.7. The Labute approximate surface area is 370 Å². The van der Waals surface area contributed by atoms with Crippen LogP contribution >= 0.6 is 0 Å². The first-order valence-electron chi connectivity index (χ1n) is 28.1. The van der Waals surface area contributed by atoms with Crippen molar-refractivity contribution in [3.63, 3.8) is 0 Å². The van der Waals surface area contributed by atoms with Gasteiger partial charge < -0.3 is 0 Å². The van der Waals surface area contributed by atoms with E-state index >= 15 is 0 Å². The Balaban J connectivity index is 1.08. The molecule has 0 amide bonds. The third-order valence-corrected chi connectivity index (χ3v) is 21.0. The van der Waals surface area contributed by atoms with Crippen LogP contribution in [0.5, 0.6) is 0 Å². The van der Waals surface area contributed by atoms with E-state index in [0.717, 1.165) is 76.9 Å². The van der Waals surface area contributed by atoms with Crippen molar-refractivity contribution in [3.8, 4) is 0 Å². The van der Waals surface area contributed by atoms with E-state index < -0.39 is 0 Å². The maximum Gasteiger partial charge on any atom is -0.0197 e. The highest BCUT2D eigenvalue weighted by Gasteiger charge is 2.60. The quantitative estimate of drug-likeness (QED) is 0.114. The fourth-order valence-electron chi connectivity index (χ4n) is 17.5. The van der Waals surface area contributed by atoms with E-state index in [9.17, 15) is 0 Å². The summed E-state index contributed by atoms with van der Waals surface area (Å²) in [4.78, 5) is 0. The van der Waals surface area contributed by atoms with Crippen LogP contribution in [0.25, 0.3) is 0 Å². The van der Waals surface area contributed by atoms with E-state index in [0.29, 0.717) is 16.2 Å². The number of hydrogen-bond acceptors (Lipinski definition) is 0. The smallest absolute Gasteiger partial charge is 0.0197 e. The van der Waals surface area contributed by atoms with Crippen LogP contribution in [0.3, 0.4) is 0 Å². The summed E-state index contributed by atoms with van der Waals surface area (Å²) in [5.41, 5.74) is 3.78. The summed E-state index contributed by atoms with van der Waals surface area (Å²) >= 11 is 0. The molecule has 0 aliphatic heterocycles. The van der Waals surface area contributed by atoms with Gasteiger partial charge in [-0.25, -0.2) is 0 Å². The van der Waals surface area contributed by atoms with E-state index in [2.05, 4.69) is 67.0 Å². The zero-order valence-electron chi connectivity index (χ0n) is 41.4. The topological polar surface area (TPSA) is 0 Å². The van der Waals surface area contributed by atoms with E-state index in [-0.39, 0.29) is 0 Å². The van der Waals surface area contributed by atoms with Gasteiger partial charge in [0, 0.05) is 0 Å². The van der Waals surface area contributed by atoms with Crippen LogP contribution in [0.2, 0.25) is 0 Å². The number of allylic oxidation sites excluding steroid dienone is 2. The fraction of sp³-hybridized carbons (Fsp3) is 0.966. The second-order valence-corrected chi connectivity index (χ2v) is 26.1. The number of unbranched alkanes of at least 4 members (excludes halogenated alkanes) is 6. The van der Waals surface area contributed by atoms with Crippen molar-refractivity contribution in [1.82, 2.24) is 0 Å². The van der Waals surface area contributed by atoms with Crippen LogP contribution in [0.1, 0.15) is 267 Å². The number of rotatable bonds is 15. The van der Waals surface area contributed by atoms with Gasteiger partial charge in [0.1, 0.15) is 0 Å². The summed E-state index contributed by atoms with van der Waals surface area (Å²) in [7, 11) is 0. The first-order chi connectivity index (χ1) is 28.4. The largest absolute Gasteiger partial charge is 0.0817 e. The minimum absolute atomic E-state index is 0.506. The molecule has 0 heterocycles. The molecule has 7 rings (SSSR count). The normalized spacial score (nSPS) is 39.7. The van der Waals surface area contributed by atoms with Crippen molar-refractivity contribution in [3.05, 3.63) is 11.6 Å². The molecule has 0 aromatic carbocycles. The summed E-state index contributed by atoms with van der Waals surface area (Å²) in [6.07, 6.45) is 53.5. The minimum atomic E-state index is 0.506. The fourth-order valence-corrected chi connectivity index (χ4v) is 17.5. The zero-order valence-corrected chi connectivity index (χ0v) is 41.4. The third kappa shape index (κ3) is 11.3. The molecule has 7 aliphatic rings. The predicted octanol–water partition coefficient (Wildman–Crippen LogP) is 19.0. The van der Waals surface area contributed by atoms with Crippen molar-refractivity contribution in [2.45, 2.75) is 267 Å². The van der Waals surface area contributed by atoms with Crippen molar-refractivity contribution < 1.29 is 0 Å². The molecule has 0 spiro atoms. The van der Waals surface area contributed by atoms with Crippen LogP contribution in [-0.2, 0) is 0 Å². The van der Waals surface area contributed by atoms with Crippen LogP contribution in [-0.4, -0.2) is 0 Å². The molecule has 7 aliphatic carbocycles. The zero-order chi connectivity index (χ0) is 41.6. The van der Waals surface area contributed by atoms with Gasteiger partial charge in [0.2, 0.25) is 0 Å². The average molecular weight is 813 g/mol. The highest BCUT2D eigenvalue weighted by atomic mass is 14.6. The molecule has 340 valence electrons. The van der Waals surface area contributed by atoms with E-state index in [1.54, 1.807) is 83.5 Å². The second kappa shape index (κ2) is 21.2. The van der Waals surface area contributed by atoms with Crippen LogP contribution < -0.4 is 0 Å². The lowest BCUT2D eigenvalue weighted by atomic mass is 9.57. The van der Waals surface area contributed by atoms with Crippen LogP contribution in [0.15, 0.2) is 11.6 Å². The molecule has 0 saturated heterocycles. The summed E-state index contributed by atoms with van der Waals surface area (Å²) < 4.78 is 0. The monoisotopic (exact) mass is 813 g/mol. The van der Waals surface area contributed by atoms with Gasteiger partial charge >= 0.3 is 0 Å². The van der Waals surface area contributed by atoms with Crippen LogP contribution in [0.4, 0.5) is 0 Å². The maximum atomic E-state index is 3.11. The Morgan fingerprint density at radius 2 is 0.881 bits per heavy atom. The lowest BCUT2D eigenvalue weighted by Gasteiger charge is -2.47. The van der Waals surface area contributed by atoms with Gasteiger partial charge in [0.25, 0.3) is 0 Å². The van der Waals surface area contributed by atoms with Gasteiger partial charge in [-0.15, -0.1) is 0 Å². The molecule has 0 heteroatoms. The number of fused-ring (bicyclic) bond motifs is 3. The molecule has 5 unspecified atom stereocenters. The van der Waals surface area contributed by atoms with Crippen molar-refractivity contribution in [2.75, 3.05) is 0 Å². The standard InChI is InChI=1S/C59H104/c1-9-11-13-17-39-59(40-18-14-12-10-2)55-20-16-15-19-52(55)53-38-33-49(42-56(53)59)54(48-27-25-45(26-28-48)47-31-36-51(37-32-47)58(6,7)8)41-43-21-23-44(24-22-43)46-29-34-50(35-30-46)57(3,4)5/h41,43-53,55-56H,9-40,42H2,1-8H3/b54-41-. The highest BCUT2D eigenvalue weighted by Crippen LogP contribution is 2.68. The molecule has 0 N–H and O–H groups in total. The Kier molecular flexibility index (Phi) is 16.8. The molecule has 0 bridgehead atoms. The Bertz CT molecular complexity index is 1230. The molecule has 5 atom stereocenters. The molecule has 7 saturated carbocycles. The van der Waals surface area contributed by atoms with Gasteiger partial charge in [-0.1, -0.05) is 131 Å². The second-order valence-electron chi connectivity index (χ2n) is 26.1. The SMILES string of the molecule is CCCCCCC1(CCCCCC)C2CCCCC2C2CCC(/C(=C\C3CCC(C4CCC(C(C)(C)C)CC4)CC3)C3CCC(C4CCC(C(C)(C)C)CC4)CC3)CC21. The molecule has 0 radical (unpaired) electrons. The van der Waals surface area contributed by atoms with Crippen molar-refractivity contribution >= 4 is 0 Å². The molecular weight excluding hydrogens is 709 g/mol. The predicted molar refractivity (Wildman–Crippen MR) is 259 cm³/mol. The van der Waals surface area contributed by atoms with E-state index in [1.807, 2.05) is 0 Å². The van der Waals surface area contributed by atoms with Gasteiger partial charge in [-0.2, -0.15) is 0 Å². The average Bonchev–Trinajstić information content (AvgIpc) is 3.51. The first-order valence-corrected chi connectivity index (χ1v) is 28.1. The Morgan fingerprint density at radius 3 is 1.37 bits per heavy atom. The maximum absolute atomic E-state index is 3.11. The van der Waals surface area contributed by atoms with Gasteiger partial charge in [-0.3, -0.25) is 0 Å². The van der Waals surface area contributed by atoms with Gasteiger partial charge in [0.05, 0.1) is 0 Å². The van der Waals surface area contributed by atoms with Gasteiger partial charge in [0.15, 0.2) is 0 Å². The van der Waals surface area contributed by atoms with E-state index in [1.165, 1.54) is 128 Å². The van der Waals surface area contributed by atoms with Crippen LogP contribution in [0, 0.1) is 93.2 Å². The summed E-state index contributed by atoms with van der Waals surface area (Å²) in [5.74, 6) is 13.0. The van der Waals surface area contributed by atoms with Crippen molar-refractivity contribution in [1.29, 1.82) is 0 Å². The lowest BCUT2D eigenvalue weighted by molar-refractivity contribution is 0.0415. The molecular formula is C59H104. The minimum Gasteiger partial charge on any atom is -0.0817 e. The molecule has 0 aromatic heterocycles. The lowest BCUT2D eigenvalue weighted by Crippen LogP contribution is -2.38. The summed E-state index contributed by atoms with van der Waals surface area (Å²) in [6, 6.07) is 0. The molecule has 7 fully saturated rings. The Morgan fingerprint density at radius 1 is 0.441 bits per heavy atom. The number of hydrogen-bond donors (Lipinski definition) is 0.